The average Bonchev–Trinajstić information content (AvgIpc) is 2.21. The van der Waals surface area contributed by atoms with Crippen molar-refractivity contribution < 1.29 is 9.53 Å². The first kappa shape index (κ1) is 11.5. The lowest BCUT2D eigenvalue weighted by Gasteiger charge is -2.21. The van der Waals surface area contributed by atoms with Crippen LogP contribution in [0.4, 0.5) is 0 Å². The number of nitrogens with zero attached hydrogens (tertiary/aromatic N) is 1. The van der Waals surface area contributed by atoms with Crippen LogP contribution in [0.15, 0.2) is 0 Å². The van der Waals surface area contributed by atoms with Gasteiger partial charge in [-0.2, -0.15) is 0 Å². The second-order valence-corrected chi connectivity index (χ2v) is 3.73. The number of carbonyl (C=O) groups excluding carboxylic acids is 1. The lowest BCUT2D eigenvalue weighted by atomic mass is 10.2. The van der Waals surface area contributed by atoms with Crippen molar-refractivity contribution >= 4 is 5.97 Å². The molecular formula is C10H20N2O2. The standard InChI is InChI=1S/C5H12N2.C5H8O2/c1-7-4-2-6-3-5-7;6-5-3-1-2-4-7-5/h6H,2-5H2,1H3;1-4H2. The Balaban J connectivity index is 0.000000140. The van der Waals surface area contributed by atoms with Crippen molar-refractivity contribution in [3.05, 3.63) is 0 Å². The Morgan fingerprint density at radius 3 is 2.29 bits per heavy atom. The summed E-state index contributed by atoms with van der Waals surface area (Å²) in [4.78, 5) is 12.6. The third-order valence-electron chi connectivity index (χ3n) is 2.38. The van der Waals surface area contributed by atoms with Crippen molar-refractivity contribution in [3.63, 3.8) is 0 Å². The maximum atomic E-state index is 10.2. The summed E-state index contributed by atoms with van der Waals surface area (Å²) >= 11 is 0. The Hall–Kier alpha value is -0.610. The minimum atomic E-state index is -0.0359. The van der Waals surface area contributed by atoms with Gasteiger partial charge in [0.1, 0.15) is 0 Å². The number of nitrogens with one attached hydrogen (secondary N) is 1. The number of piperazine rings is 1. The molecule has 0 aromatic heterocycles. The van der Waals surface area contributed by atoms with Crippen LogP contribution in [-0.4, -0.2) is 50.7 Å². The molecule has 0 bridgehead atoms. The predicted molar refractivity (Wildman–Crippen MR) is 55.2 cm³/mol. The molecule has 14 heavy (non-hydrogen) atoms. The van der Waals surface area contributed by atoms with Crippen LogP contribution in [0.1, 0.15) is 19.3 Å². The van der Waals surface area contributed by atoms with Crippen LogP contribution >= 0.6 is 0 Å². The second-order valence-electron chi connectivity index (χ2n) is 3.73. The van der Waals surface area contributed by atoms with E-state index in [1.54, 1.807) is 0 Å². The van der Waals surface area contributed by atoms with Crippen LogP contribution in [0.2, 0.25) is 0 Å². The highest BCUT2D eigenvalue weighted by Gasteiger charge is 2.06. The molecule has 0 amide bonds. The van der Waals surface area contributed by atoms with Gasteiger partial charge in [-0.25, -0.2) is 0 Å². The van der Waals surface area contributed by atoms with Gasteiger partial charge in [-0.1, -0.05) is 0 Å². The van der Waals surface area contributed by atoms with E-state index in [2.05, 4.69) is 22.0 Å². The van der Waals surface area contributed by atoms with Gasteiger partial charge in [0.2, 0.25) is 0 Å². The second kappa shape index (κ2) is 6.79. The fraction of sp³-hybridized carbons (Fsp3) is 0.900. The topological polar surface area (TPSA) is 41.6 Å². The molecule has 0 aliphatic carbocycles. The number of hydrogen-bond donors (Lipinski definition) is 1. The Bertz CT molecular complexity index is 160. The minimum absolute atomic E-state index is 0.0359. The predicted octanol–water partition coefficient (Wildman–Crippen LogP) is 0.235. The van der Waals surface area contributed by atoms with Crippen LogP contribution in [0.25, 0.3) is 0 Å². The van der Waals surface area contributed by atoms with Gasteiger partial charge in [0, 0.05) is 32.6 Å². The highest BCUT2D eigenvalue weighted by Crippen LogP contribution is 2.04. The summed E-state index contributed by atoms with van der Waals surface area (Å²) in [5, 5.41) is 3.27. The van der Waals surface area contributed by atoms with E-state index < -0.39 is 0 Å². The van der Waals surface area contributed by atoms with Crippen molar-refractivity contribution in [3.8, 4) is 0 Å². The van der Waals surface area contributed by atoms with Crippen LogP contribution in [0.5, 0.6) is 0 Å². The monoisotopic (exact) mass is 200 g/mol. The fourth-order valence-corrected chi connectivity index (χ4v) is 1.41. The summed E-state index contributed by atoms with van der Waals surface area (Å²) < 4.78 is 4.64. The summed E-state index contributed by atoms with van der Waals surface area (Å²) in [5.74, 6) is -0.0359. The first-order valence-corrected chi connectivity index (χ1v) is 5.34. The third kappa shape index (κ3) is 5.19. The molecule has 0 unspecified atom stereocenters. The largest absolute Gasteiger partial charge is 0.466 e. The van der Waals surface area contributed by atoms with E-state index in [4.69, 9.17) is 0 Å². The smallest absolute Gasteiger partial charge is 0.305 e. The van der Waals surface area contributed by atoms with Crippen molar-refractivity contribution in [1.82, 2.24) is 10.2 Å². The maximum Gasteiger partial charge on any atom is 0.305 e. The molecule has 1 N–H and O–H groups in total. The normalized spacial score (nSPS) is 23.4. The van der Waals surface area contributed by atoms with Crippen LogP contribution in [0.3, 0.4) is 0 Å². The number of hydrogen-bond acceptors (Lipinski definition) is 4. The molecule has 0 saturated carbocycles. The van der Waals surface area contributed by atoms with Gasteiger partial charge in [0.05, 0.1) is 6.61 Å². The zero-order valence-corrected chi connectivity index (χ0v) is 8.92. The molecule has 4 nitrogen and oxygen atoms in total. The molecule has 0 aromatic rings. The number of ether oxygens (including phenoxy) is 1. The quantitative estimate of drug-likeness (QED) is 0.569. The Morgan fingerprint density at radius 1 is 1.29 bits per heavy atom. The lowest BCUT2D eigenvalue weighted by Crippen LogP contribution is -2.40. The number of cyclic esters (lactones) is 1. The Morgan fingerprint density at radius 2 is 2.00 bits per heavy atom. The van der Waals surface area contributed by atoms with Gasteiger partial charge < -0.3 is 15.0 Å². The van der Waals surface area contributed by atoms with Crippen molar-refractivity contribution in [2.75, 3.05) is 39.8 Å². The molecule has 2 heterocycles. The molecule has 2 aliphatic rings. The van der Waals surface area contributed by atoms with Gasteiger partial charge in [0.15, 0.2) is 0 Å². The van der Waals surface area contributed by atoms with Crippen molar-refractivity contribution in [2.24, 2.45) is 0 Å². The van der Waals surface area contributed by atoms with Gasteiger partial charge >= 0.3 is 5.97 Å². The van der Waals surface area contributed by atoms with Crippen molar-refractivity contribution in [2.45, 2.75) is 19.3 Å². The zero-order valence-electron chi connectivity index (χ0n) is 8.92. The van der Waals surface area contributed by atoms with E-state index >= 15 is 0 Å². The van der Waals surface area contributed by atoms with E-state index in [0.717, 1.165) is 25.9 Å². The summed E-state index contributed by atoms with van der Waals surface area (Å²) in [7, 11) is 2.15. The van der Waals surface area contributed by atoms with E-state index in [1.807, 2.05) is 0 Å². The molecule has 4 heteroatoms. The lowest BCUT2D eigenvalue weighted by molar-refractivity contribution is -0.146. The first-order chi connectivity index (χ1) is 6.79. The number of likely N-dealkylation sites (N-methyl/N-ethyl adjacent to an activating group) is 1. The van der Waals surface area contributed by atoms with E-state index in [1.165, 1.54) is 13.1 Å². The molecular weight excluding hydrogens is 180 g/mol. The molecule has 0 radical (unpaired) electrons. The molecule has 2 aliphatic heterocycles. The highest BCUT2D eigenvalue weighted by molar-refractivity contribution is 5.69. The molecule has 2 saturated heterocycles. The minimum Gasteiger partial charge on any atom is -0.466 e. The number of carbonyl (C=O) groups is 1. The SMILES string of the molecule is CN1CCNCC1.O=C1CCCCO1. The van der Waals surface area contributed by atoms with Crippen LogP contribution in [-0.2, 0) is 9.53 Å². The highest BCUT2D eigenvalue weighted by atomic mass is 16.5. The Labute approximate surface area is 85.6 Å². The van der Waals surface area contributed by atoms with E-state index in [0.29, 0.717) is 13.0 Å². The third-order valence-corrected chi connectivity index (χ3v) is 2.38. The van der Waals surface area contributed by atoms with Gasteiger partial charge in [-0.15, -0.1) is 0 Å². The maximum absolute atomic E-state index is 10.2. The molecule has 0 aromatic carbocycles. The van der Waals surface area contributed by atoms with E-state index in [9.17, 15) is 4.79 Å². The molecule has 0 spiro atoms. The summed E-state index contributed by atoms with van der Waals surface area (Å²) in [6.45, 7) is 5.38. The van der Waals surface area contributed by atoms with Crippen LogP contribution in [0, 0.1) is 0 Å². The molecule has 2 fully saturated rings. The van der Waals surface area contributed by atoms with Crippen LogP contribution < -0.4 is 5.32 Å². The summed E-state index contributed by atoms with van der Waals surface area (Å²) in [6, 6.07) is 0. The van der Waals surface area contributed by atoms with Gasteiger partial charge in [0.25, 0.3) is 0 Å². The molecule has 82 valence electrons. The van der Waals surface area contributed by atoms with Crippen molar-refractivity contribution in [1.29, 1.82) is 0 Å². The zero-order chi connectivity index (χ0) is 10.2. The Kier molecular flexibility index (Phi) is 5.56. The summed E-state index contributed by atoms with van der Waals surface area (Å²) in [6.07, 6.45) is 2.69. The fourth-order valence-electron chi connectivity index (χ4n) is 1.41. The summed E-state index contributed by atoms with van der Waals surface area (Å²) in [5.41, 5.74) is 0. The first-order valence-electron chi connectivity index (χ1n) is 5.34. The average molecular weight is 200 g/mol. The molecule has 0 atom stereocenters. The number of rotatable bonds is 0. The van der Waals surface area contributed by atoms with Gasteiger partial charge in [-0.05, 0) is 19.9 Å². The van der Waals surface area contributed by atoms with E-state index in [-0.39, 0.29) is 5.97 Å². The number of esters is 1. The van der Waals surface area contributed by atoms with Gasteiger partial charge in [-0.3, -0.25) is 4.79 Å². The molecule has 2 rings (SSSR count).